The Morgan fingerprint density at radius 1 is 1.23 bits per heavy atom. The summed E-state index contributed by atoms with van der Waals surface area (Å²) in [6, 6.07) is 7.54. The van der Waals surface area contributed by atoms with Crippen LogP contribution in [0.25, 0.3) is 11.1 Å². The maximum Gasteiger partial charge on any atom is 0.287 e. The van der Waals surface area contributed by atoms with E-state index in [0.717, 1.165) is 0 Å². The third-order valence-electron chi connectivity index (χ3n) is 3.01. The molecule has 2 N–H and O–H groups in total. The highest BCUT2D eigenvalue weighted by molar-refractivity contribution is 5.98. The molecule has 0 spiro atoms. The van der Waals surface area contributed by atoms with Crippen molar-refractivity contribution in [2.24, 2.45) is 0 Å². The molecule has 1 amide bonds. The fourth-order valence-corrected chi connectivity index (χ4v) is 1.96. The van der Waals surface area contributed by atoms with Crippen LogP contribution in [0.4, 0.5) is 4.39 Å². The summed E-state index contributed by atoms with van der Waals surface area (Å²) in [5.74, 6) is -0.463. The second-order valence-corrected chi connectivity index (χ2v) is 4.62. The smallest absolute Gasteiger partial charge is 0.287 e. The first-order chi connectivity index (χ1) is 10.7. The zero-order valence-corrected chi connectivity index (χ0v) is 12.0. The van der Waals surface area contributed by atoms with Gasteiger partial charge in [0.15, 0.2) is 5.76 Å². The summed E-state index contributed by atoms with van der Waals surface area (Å²) in [5.41, 5.74) is 1.33. The Morgan fingerprint density at radius 2 is 2.00 bits per heavy atom. The Labute approximate surface area is 127 Å². The lowest BCUT2D eigenvalue weighted by Crippen LogP contribution is -2.25. The standard InChI is InChI=1S/C16H18FNO4/c17-13-4-2-12(3-5-13)14-6-10-22-15(14)16(20)18-7-1-9-21-11-8-19/h2-6,10,19H,1,7-9,11H2,(H,18,20). The molecule has 0 aliphatic heterocycles. The number of rotatable bonds is 8. The number of benzene rings is 1. The van der Waals surface area contributed by atoms with Gasteiger partial charge in [-0.3, -0.25) is 4.79 Å². The molecule has 0 saturated heterocycles. The van der Waals surface area contributed by atoms with E-state index < -0.39 is 0 Å². The molecule has 0 unspecified atom stereocenters. The van der Waals surface area contributed by atoms with Gasteiger partial charge in [0, 0.05) is 18.7 Å². The summed E-state index contributed by atoms with van der Waals surface area (Å²) in [5, 5.41) is 11.3. The van der Waals surface area contributed by atoms with Gasteiger partial charge in [-0.15, -0.1) is 0 Å². The van der Waals surface area contributed by atoms with E-state index in [1.807, 2.05) is 0 Å². The molecule has 118 valence electrons. The Hall–Kier alpha value is -2.18. The Kier molecular flexibility index (Phi) is 6.12. The predicted molar refractivity (Wildman–Crippen MR) is 79.0 cm³/mol. The van der Waals surface area contributed by atoms with Gasteiger partial charge >= 0.3 is 0 Å². The maximum absolute atomic E-state index is 13.0. The van der Waals surface area contributed by atoms with Gasteiger partial charge in [-0.05, 0) is 30.2 Å². The third-order valence-corrected chi connectivity index (χ3v) is 3.01. The number of aliphatic hydroxyl groups is 1. The summed E-state index contributed by atoms with van der Waals surface area (Å²) >= 11 is 0. The van der Waals surface area contributed by atoms with E-state index in [9.17, 15) is 9.18 Å². The first kappa shape index (κ1) is 16.2. The van der Waals surface area contributed by atoms with E-state index in [2.05, 4.69) is 5.32 Å². The van der Waals surface area contributed by atoms with Crippen LogP contribution >= 0.6 is 0 Å². The molecule has 1 aromatic carbocycles. The van der Waals surface area contributed by atoms with E-state index >= 15 is 0 Å². The highest BCUT2D eigenvalue weighted by Gasteiger charge is 2.16. The Balaban J connectivity index is 1.91. The monoisotopic (exact) mass is 307 g/mol. The molecule has 0 saturated carbocycles. The Morgan fingerprint density at radius 3 is 2.73 bits per heavy atom. The number of furan rings is 1. The second kappa shape index (κ2) is 8.31. The molecule has 6 heteroatoms. The van der Waals surface area contributed by atoms with Crippen LogP contribution in [0.3, 0.4) is 0 Å². The number of carbonyl (C=O) groups excluding carboxylic acids is 1. The SMILES string of the molecule is O=C(NCCCOCCO)c1occc1-c1ccc(F)cc1. The van der Waals surface area contributed by atoms with Crippen LogP contribution in [0.2, 0.25) is 0 Å². The number of halogens is 1. The number of aliphatic hydroxyl groups excluding tert-OH is 1. The van der Waals surface area contributed by atoms with Gasteiger partial charge in [-0.25, -0.2) is 4.39 Å². The third kappa shape index (κ3) is 4.41. The Bertz CT molecular complexity index is 594. The van der Waals surface area contributed by atoms with E-state index in [-0.39, 0.29) is 24.1 Å². The molecule has 0 bridgehead atoms. The van der Waals surface area contributed by atoms with E-state index in [0.29, 0.717) is 37.3 Å². The summed E-state index contributed by atoms with van der Waals surface area (Å²) in [7, 11) is 0. The van der Waals surface area contributed by atoms with Gasteiger partial charge in [-0.2, -0.15) is 0 Å². The zero-order chi connectivity index (χ0) is 15.8. The van der Waals surface area contributed by atoms with Crippen molar-refractivity contribution in [1.82, 2.24) is 5.32 Å². The van der Waals surface area contributed by atoms with Crippen molar-refractivity contribution < 1.29 is 23.4 Å². The van der Waals surface area contributed by atoms with Crippen LogP contribution < -0.4 is 5.32 Å². The molecule has 1 heterocycles. The van der Waals surface area contributed by atoms with Crippen molar-refractivity contribution >= 4 is 5.91 Å². The van der Waals surface area contributed by atoms with Crippen molar-refractivity contribution in [3.63, 3.8) is 0 Å². The minimum Gasteiger partial charge on any atom is -0.459 e. The molecule has 22 heavy (non-hydrogen) atoms. The predicted octanol–water partition coefficient (Wildman–Crippen LogP) is 2.21. The van der Waals surface area contributed by atoms with Gasteiger partial charge in [0.25, 0.3) is 5.91 Å². The van der Waals surface area contributed by atoms with Gasteiger partial charge < -0.3 is 19.6 Å². The van der Waals surface area contributed by atoms with Crippen molar-refractivity contribution in [3.05, 3.63) is 48.2 Å². The lowest BCUT2D eigenvalue weighted by Gasteiger charge is -2.06. The molecule has 2 aromatic rings. The minimum atomic E-state index is -0.332. The molecule has 1 aromatic heterocycles. The molecular weight excluding hydrogens is 289 g/mol. The largest absolute Gasteiger partial charge is 0.459 e. The molecule has 2 rings (SSSR count). The topological polar surface area (TPSA) is 71.7 Å². The fourth-order valence-electron chi connectivity index (χ4n) is 1.96. The molecule has 0 radical (unpaired) electrons. The van der Waals surface area contributed by atoms with Crippen LogP contribution in [0.5, 0.6) is 0 Å². The van der Waals surface area contributed by atoms with Crippen molar-refractivity contribution in [3.8, 4) is 11.1 Å². The molecule has 0 aliphatic carbocycles. The van der Waals surface area contributed by atoms with Crippen molar-refractivity contribution in [2.45, 2.75) is 6.42 Å². The van der Waals surface area contributed by atoms with Crippen molar-refractivity contribution in [1.29, 1.82) is 0 Å². The molecule has 0 fully saturated rings. The molecule has 5 nitrogen and oxygen atoms in total. The summed E-state index contributed by atoms with van der Waals surface area (Å²) in [4.78, 5) is 12.1. The summed E-state index contributed by atoms with van der Waals surface area (Å²) in [6.45, 7) is 1.18. The minimum absolute atomic E-state index is 0.0141. The first-order valence-electron chi connectivity index (χ1n) is 7.02. The molecule has 0 aliphatic rings. The van der Waals surface area contributed by atoms with Gasteiger partial charge in [0.1, 0.15) is 5.82 Å². The normalized spacial score (nSPS) is 10.6. The highest BCUT2D eigenvalue weighted by Crippen LogP contribution is 2.25. The zero-order valence-electron chi connectivity index (χ0n) is 12.0. The number of ether oxygens (including phenoxy) is 1. The first-order valence-corrected chi connectivity index (χ1v) is 7.02. The van der Waals surface area contributed by atoms with Crippen LogP contribution in [0, 0.1) is 5.82 Å². The summed E-state index contributed by atoms with van der Waals surface area (Å²) in [6.07, 6.45) is 2.07. The van der Waals surface area contributed by atoms with E-state index in [1.54, 1.807) is 18.2 Å². The van der Waals surface area contributed by atoms with E-state index in [4.69, 9.17) is 14.3 Å². The fraction of sp³-hybridized carbons (Fsp3) is 0.312. The molecular formula is C16H18FNO4. The number of hydrogen-bond acceptors (Lipinski definition) is 4. The number of amides is 1. The number of carbonyl (C=O) groups is 1. The lowest BCUT2D eigenvalue weighted by molar-refractivity contribution is 0.0856. The molecule has 0 atom stereocenters. The van der Waals surface area contributed by atoms with Crippen LogP contribution in [0.15, 0.2) is 41.0 Å². The average molecular weight is 307 g/mol. The van der Waals surface area contributed by atoms with E-state index in [1.165, 1.54) is 18.4 Å². The number of hydrogen-bond donors (Lipinski definition) is 2. The van der Waals surface area contributed by atoms with Gasteiger partial charge in [-0.1, -0.05) is 12.1 Å². The van der Waals surface area contributed by atoms with Crippen molar-refractivity contribution in [2.75, 3.05) is 26.4 Å². The number of nitrogens with one attached hydrogen (secondary N) is 1. The average Bonchev–Trinajstić information content (AvgIpc) is 3.01. The maximum atomic E-state index is 13.0. The lowest BCUT2D eigenvalue weighted by atomic mass is 10.1. The van der Waals surface area contributed by atoms with Gasteiger partial charge in [0.2, 0.25) is 0 Å². The quantitative estimate of drug-likeness (QED) is 0.734. The van der Waals surface area contributed by atoms with Crippen LogP contribution in [0.1, 0.15) is 17.0 Å². The van der Waals surface area contributed by atoms with Crippen LogP contribution in [-0.2, 0) is 4.74 Å². The highest BCUT2D eigenvalue weighted by atomic mass is 19.1. The van der Waals surface area contributed by atoms with Gasteiger partial charge in [0.05, 0.1) is 19.5 Å². The summed E-state index contributed by atoms with van der Waals surface area (Å²) < 4.78 is 23.3. The second-order valence-electron chi connectivity index (χ2n) is 4.62. The van der Waals surface area contributed by atoms with Crippen LogP contribution in [-0.4, -0.2) is 37.4 Å².